The van der Waals surface area contributed by atoms with Crippen molar-refractivity contribution in [3.05, 3.63) is 29.8 Å². The van der Waals surface area contributed by atoms with Crippen LogP contribution >= 0.6 is 0 Å². The van der Waals surface area contributed by atoms with Gasteiger partial charge >= 0.3 is 10.3 Å². The Hall–Kier alpha value is -0.910. The van der Waals surface area contributed by atoms with Crippen molar-refractivity contribution >= 4 is 16.0 Å². The van der Waals surface area contributed by atoms with Gasteiger partial charge in [-0.3, -0.25) is 0 Å². The Morgan fingerprint density at radius 3 is 2.44 bits per heavy atom. The summed E-state index contributed by atoms with van der Waals surface area (Å²) in [7, 11) is -2.64. The third kappa shape index (κ3) is 1.25. The number of para-hydroxylation sites is 1. The van der Waals surface area contributed by atoms with E-state index in [9.17, 15) is 13.0 Å². The number of rotatable bonds is 1. The monoisotopic (exact) mass is 242 g/mol. The summed E-state index contributed by atoms with van der Waals surface area (Å²) in [5.74, 6) is 0. The summed E-state index contributed by atoms with van der Waals surface area (Å²) in [5.41, 5.74) is 1.08. The van der Waals surface area contributed by atoms with Crippen molar-refractivity contribution in [2.24, 2.45) is 0 Å². The number of hydrogen-bond donors (Lipinski definition) is 1. The van der Waals surface area contributed by atoms with Crippen LogP contribution in [0.15, 0.2) is 24.3 Å². The highest BCUT2D eigenvalue weighted by atomic mass is 32.2. The van der Waals surface area contributed by atoms with Gasteiger partial charge in [-0.15, -0.1) is 8.42 Å². The quantitative estimate of drug-likeness (QED) is 0.603. The average Bonchev–Trinajstić information content (AvgIpc) is 2.35. The van der Waals surface area contributed by atoms with Gasteiger partial charge in [-0.05, 0) is 13.8 Å². The maximum Gasteiger partial charge on any atom is 0.438 e. The van der Waals surface area contributed by atoms with Gasteiger partial charge in [-0.2, -0.15) is 3.89 Å². The SMILES string of the molecule is CC1(C)Cc2ccccc2[N+]1(C)S(=O)(=O)O. The van der Waals surface area contributed by atoms with Crippen LogP contribution in [0.4, 0.5) is 5.69 Å². The average molecular weight is 242 g/mol. The Morgan fingerprint density at radius 2 is 1.88 bits per heavy atom. The highest BCUT2D eigenvalue weighted by Gasteiger charge is 2.57. The van der Waals surface area contributed by atoms with E-state index in [-0.39, 0.29) is 0 Å². The molecule has 5 heteroatoms. The highest BCUT2D eigenvalue weighted by Crippen LogP contribution is 2.45. The van der Waals surface area contributed by atoms with Gasteiger partial charge in [0.2, 0.25) is 0 Å². The van der Waals surface area contributed by atoms with Gasteiger partial charge in [0, 0.05) is 18.1 Å². The predicted octanol–water partition coefficient (Wildman–Crippen LogP) is 1.76. The van der Waals surface area contributed by atoms with Gasteiger partial charge in [0.05, 0.1) is 7.05 Å². The molecule has 0 saturated heterocycles. The van der Waals surface area contributed by atoms with Gasteiger partial charge in [0.15, 0.2) is 5.69 Å². The molecule has 0 aromatic heterocycles. The van der Waals surface area contributed by atoms with E-state index in [0.717, 1.165) is 5.56 Å². The van der Waals surface area contributed by atoms with Crippen molar-refractivity contribution in [3.63, 3.8) is 0 Å². The van der Waals surface area contributed by atoms with E-state index < -0.39 is 19.7 Å². The van der Waals surface area contributed by atoms with Crippen molar-refractivity contribution in [1.29, 1.82) is 0 Å². The van der Waals surface area contributed by atoms with Crippen molar-refractivity contribution in [2.75, 3.05) is 7.05 Å². The fraction of sp³-hybridized carbons (Fsp3) is 0.455. The lowest BCUT2D eigenvalue weighted by Gasteiger charge is -2.37. The molecule has 0 radical (unpaired) electrons. The number of quaternary nitrogens is 1. The molecule has 0 amide bonds. The molecule has 0 bridgehead atoms. The Balaban J connectivity index is 2.78. The first-order chi connectivity index (χ1) is 7.20. The minimum absolute atomic E-state index is 0.448. The molecule has 0 aliphatic carbocycles. The largest absolute Gasteiger partial charge is 0.438 e. The minimum atomic E-state index is -4.19. The fourth-order valence-corrected chi connectivity index (χ4v) is 3.57. The second kappa shape index (κ2) is 3.06. The van der Waals surface area contributed by atoms with E-state index in [4.69, 9.17) is 0 Å². The molecular weight excluding hydrogens is 226 g/mol. The molecule has 2 rings (SSSR count). The normalized spacial score (nSPS) is 27.8. The molecule has 1 aromatic rings. The zero-order valence-electron chi connectivity index (χ0n) is 9.64. The fourth-order valence-electron chi connectivity index (χ4n) is 2.46. The van der Waals surface area contributed by atoms with E-state index in [1.165, 1.54) is 0 Å². The first-order valence-corrected chi connectivity index (χ1v) is 6.52. The predicted molar refractivity (Wildman–Crippen MR) is 63.5 cm³/mol. The van der Waals surface area contributed by atoms with E-state index in [0.29, 0.717) is 12.1 Å². The summed E-state index contributed by atoms with van der Waals surface area (Å²) in [6.45, 7) is 3.70. The maximum atomic E-state index is 11.7. The number of hydrogen-bond acceptors (Lipinski definition) is 2. The molecule has 16 heavy (non-hydrogen) atoms. The molecule has 1 aromatic carbocycles. The summed E-state index contributed by atoms with van der Waals surface area (Å²) in [6.07, 6.45) is 0.638. The third-order valence-electron chi connectivity index (χ3n) is 3.69. The second-order valence-electron chi connectivity index (χ2n) is 4.99. The Labute approximate surface area is 96.0 Å². The number of fused-ring (bicyclic) bond motifs is 1. The first-order valence-electron chi connectivity index (χ1n) is 5.13. The van der Waals surface area contributed by atoms with E-state index in [1.807, 2.05) is 26.0 Å². The Bertz CT molecular complexity index is 536. The molecular formula is C11H16NO3S+. The molecule has 0 spiro atoms. The van der Waals surface area contributed by atoms with Crippen LogP contribution in [0.3, 0.4) is 0 Å². The zero-order chi connectivity index (χ0) is 12.2. The van der Waals surface area contributed by atoms with Crippen LogP contribution in [-0.4, -0.2) is 25.6 Å². The van der Waals surface area contributed by atoms with Gasteiger partial charge in [0.1, 0.15) is 5.54 Å². The summed E-state index contributed by atoms with van der Waals surface area (Å²) in [6, 6.07) is 7.35. The molecule has 1 atom stereocenters. The Kier molecular flexibility index (Phi) is 2.21. The van der Waals surface area contributed by atoms with Gasteiger partial charge in [0.25, 0.3) is 0 Å². The number of likely N-dealkylation sites (N-methyl/N-ethyl adjacent to an activating group) is 1. The van der Waals surface area contributed by atoms with Crippen molar-refractivity contribution < 1.29 is 13.0 Å². The Morgan fingerprint density at radius 1 is 1.31 bits per heavy atom. The minimum Gasteiger partial charge on any atom is -0.241 e. The summed E-state index contributed by atoms with van der Waals surface area (Å²) in [4.78, 5) is 0. The molecule has 1 heterocycles. The number of benzene rings is 1. The summed E-state index contributed by atoms with van der Waals surface area (Å²) >= 11 is 0. The molecule has 1 unspecified atom stereocenters. The van der Waals surface area contributed by atoms with E-state index >= 15 is 0 Å². The standard InChI is InChI=1S/C11H15NO3S/c1-11(2)8-9-6-4-5-7-10(9)12(11,3)16(13,14)15/h4-7H,8H2,1-3H3/p+1. The lowest BCUT2D eigenvalue weighted by atomic mass is 10.00. The van der Waals surface area contributed by atoms with Crippen LogP contribution in [0, 0.1) is 0 Å². The van der Waals surface area contributed by atoms with Crippen LogP contribution in [0.5, 0.6) is 0 Å². The lowest BCUT2D eigenvalue weighted by Crippen LogP contribution is -2.61. The van der Waals surface area contributed by atoms with E-state index in [2.05, 4.69) is 0 Å². The van der Waals surface area contributed by atoms with Crippen LogP contribution in [0.25, 0.3) is 0 Å². The molecule has 4 nitrogen and oxygen atoms in total. The molecule has 0 saturated carbocycles. The van der Waals surface area contributed by atoms with Gasteiger partial charge in [-0.1, -0.05) is 18.2 Å². The maximum absolute atomic E-state index is 11.7. The summed E-state index contributed by atoms with van der Waals surface area (Å²) in [5, 5.41) is 0. The second-order valence-corrected chi connectivity index (χ2v) is 6.62. The van der Waals surface area contributed by atoms with Crippen molar-refractivity contribution in [3.8, 4) is 0 Å². The molecule has 1 N–H and O–H groups in total. The lowest BCUT2D eigenvalue weighted by molar-refractivity contribution is 0.262. The van der Waals surface area contributed by atoms with E-state index in [1.54, 1.807) is 19.2 Å². The van der Waals surface area contributed by atoms with Crippen LogP contribution < -0.4 is 3.89 Å². The highest BCUT2D eigenvalue weighted by molar-refractivity contribution is 7.85. The van der Waals surface area contributed by atoms with Crippen molar-refractivity contribution in [2.45, 2.75) is 25.8 Å². The molecule has 1 aliphatic rings. The van der Waals surface area contributed by atoms with Gasteiger partial charge < -0.3 is 0 Å². The topological polar surface area (TPSA) is 54.4 Å². The van der Waals surface area contributed by atoms with Crippen molar-refractivity contribution in [1.82, 2.24) is 3.89 Å². The molecule has 88 valence electrons. The smallest absolute Gasteiger partial charge is 0.241 e. The number of nitrogens with zero attached hydrogens (tertiary/aromatic N) is 1. The van der Waals surface area contributed by atoms with Crippen LogP contribution in [0.1, 0.15) is 19.4 Å². The zero-order valence-corrected chi connectivity index (χ0v) is 10.5. The molecule has 0 fully saturated rings. The van der Waals surface area contributed by atoms with Crippen LogP contribution in [-0.2, 0) is 16.7 Å². The molecule has 1 aliphatic heterocycles. The summed E-state index contributed by atoms with van der Waals surface area (Å²) < 4.78 is 32.4. The van der Waals surface area contributed by atoms with Gasteiger partial charge in [-0.25, -0.2) is 4.55 Å². The first kappa shape index (κ1) is 11.6. The third-order valence-corrected chi connectivity index (χ3v) is 5.30. The van der Waals surface area contributed by atoms with Crippen LogP contribution in [0.2, 0.25) is 0 Å².